The molecule has 0 fully saturated rings. The van der Waals surface area contributed by atoms with Gasteiger partial charge in [-0.1, -0.05) is 0 Å². The number of aliphatic hydroxyl groups is 1. The van der Waals surface area contributed by atoms with Crippen LogP contribution >= 0.6 is 15.2 Å². The van der Waals surface area contributed by atoms with Crippen molar-refractivity contribution in [3.05, 3.63) is 0 Å². The Kier molecular flexibility index (Phi) is 5.43. The standard InChI is InChI=1S/C4H13NO7P2/c6-2-1-5(3-13(7,8)9)4-14(10,11)12/h6H,1-4H2,(H2,7,8,9)(H2,10,11,12). The number of aliphatic hydroxyl groups excluding tert-OH is 1. The lowest BCUT2D eigenvalue weighted by atomic mass is 10.6. The van der Waals surface area contributed by atoms with E-state index < -0.39 is 34.4 Å². The van der Waals surface area contributed by atoms with E-state index in [1.165, 1.54) is 0 Å². The Bertz CT molecular complexity index is 232. The second-order valence-corrected chi connectivity index (χ2v) is 5.95. The minimum Gasteiger partial charge on any atom is -0.395 e. The molecule has 0 radical (unpaired) electrons. The molecule has 10 heteroatoms. The van der Waals surface area contributed by atoms with Crippen LogP contribution in [0, 0.1) is 0 Å². The molecule has 0 spiro atoms. The quantitative estimate of drug-likeness (QED) is 0.360. The predicted octanol–water partition coefficient (Wildman–Crippen LogP) is -1.45. The van der Waals surface area contributed by atoms with Crippen molar-refractivity contribution in [3.63, 3.8) is 0 Å². The van der Waals surface area contributed by atoms with Crippen LogP contribution in [0.15, 0.2) is 0 Å². The fourth-order valence-corrected chi connectivity index (χ4v) is 2.53. The first-order chi connectivity index (χ1) is 6.14. The van der Waals surface area contributed by atoms with Gasteiger partial charge >= 0.3 is 15.2 Å². The Morgan fingerprint density at radius 2 is 1.29 bits per heavy atom. The molecule has 14 heavy (non-hydrogen) atoms. The van der Waals surface area contributed by atoms with Crippen LogP contribution in [0.1, 0.15) is 0 Å². The van der Waals surface area contributed by atoms with Crippen LogP contribution in [-0.4, -0.2) is 55.3 Å². The first-order valence-corrected chi connectivity index (χ1v) is 7.16. The molecule has 0 aliphatic carbocycles. The lowest BCUT2D eigenvalue weighted by Crippen LogP contribution is -2.29. The summed E-state index contributed by atoms with van der Waals surface area (Å²) in [4.78, 5) is 35.0. The molecule has 5 N–H and O–H groups in total. The van der Waals surface area contributed by atoms with Crippen molar-refractivity contribution in [2.75, 3.05) is 25.7 Å². The van der Waals surface area contributed by atoms with E-state index in [1.54, 1.807) is 0 Å². The van der Waals surface area contributed by atoms with Crippen LogP contribution in [0.2, 0.25) is 0 Å². The van der Waals surface area contributed by atoms with Crippen LogP contribution in [0.5, 0.6) is 0 Å². The van der Waals surface area contributed by atoms with Gasteiger partial charge in [-0.25, -0.2) is 0 Å². The highest BCUT2D eigenvalue weighted by atomic mass is 31.2. The van der Waals surface area contributed by atoms with E-state index >= 15 is 0 Å². The first kappa shape index (κ1) is 14.2. The zero-order valence-corrected chi connectivity index (χ0v) is 9.01. The van der Waals surface area contributed by atoms with Gasteiger partial charge in [-0.05, 0) is 0 Å². The zero-order valence-electron chi connectivity index (χ0n) is 7.22. The molecule has 0 amide bonds. The molecule has 0 aliphatic heterocycles. The summed E-state index contributed by atoms with van der Waals surface area (Å²) in [5.74, 6) is 0. The Balaban J connectivity index is 4.31. The van der Waals surface area contributed by atoms with Crippen LogP contribution in [0.4, 0.5) is 0 Å². The predicted molar refractivity (Wildman–Crippen MR) is 47.6 cm³/mol. The van der Waals surface area contributed by atoms with Gasteiger partial charge in [0.05, 0.1) is 6.61 Å². The Morgan fingerprint density at radius 3 is 1.50 bits per heavy atom. The highest BCUT2D eigenvalue weighted by Gasteiger charge is 2.24. The number of hydrogen-bond acceptors (Lipinski definition) is 4. The van der Waals surface area contributed by atoms with Gasteiger partial charge in [0, 0.05) is 6.54 Å². The van der Waals surface area contributed by atoms with E-state index in [0.29, 0.717) is 0 Å². The molecule has 0 bridgehead atoms. The van der Waals surface area contributed by atoms with Crippen molar-refractivity contribution in [2.45, 2.75) is 0 Å². The van der Waals surface area contributed by atoms with Gasteiger partial charge in [0.15, 0.2) is 0 Å². The molecule has 0 heterocycles. The number of nitrogens with zero attached hydrogens (tertiary/aromatic N) is 1. The van der Waals surface area contributed by atoms with Crippen LogP contribution in [-0.2, 0) is 9.13 Å². The van der Waals surface area contributed by atoms with Gasteiger partial charge in [0.25, 0.3) is 0 Å². The van der Waals surface area contributed by atoms with Gasteiger partial charge in [-0.2, -0.15) is 0 Å². The third kappa shape index (κ3) is 8.80. The number of hydrogen-bond donors (Lipinski definition) is 5. The highest BCUT2D eigenvalue weighted by Crippen LogP contribution is 2.40. The van der Waals surface area contributed by atoms with Crippen molar-refractivity contribution < 1.29 is 33.8 Å². The van der Waals surface area contributed by atoms with Crippen molar-refractivity contribution in [1.82, 2.24) is 4.90 Å². The minimum atomic E-state index is -4.37. The third-order valence-electron chi connectivity index (χ3n) is 1.18. The highest BCUT2D eigenvalue weighted by molar-refractivity contribution is 7.52. The molecule has 0 saturated carbocycles. The fourth-order valence-electron chi connectivity index (χ4n) is 0.849. The van der Waals surface area contributed by atoms with Gasteiger partial charge in [0.1, 0.15) is 12.6 Å². The maximum Gasteiger partial charge on any atom is 0.339 e. The molecule has 8 nitrogen and oxygen atoms in total. The second kappa shape index (κ2) is 5.34. The summed E-state index contributed by atoms with van der Waals surface area (Å²) in [7, 11) is -8.73. The summed E-state index contributed by atoms with van der Waals surface area (Å²) >= 11 is 0. The number of rotatable bonds is 6. The van der Waals surface area contributed by atoms with E-state index in [1.807, 2.05) is 0 Å². The van der Waals surface area contributed by atoms with Crippen LogP contribution in [0.25, 0.3) is 0 Å². The van der Waals surface area contributed by atoms with Crippen molar-refractivity contribution in [1.29, 1.82) is 0 Å². The third-order valence-corrected chi connectivity index (χ3v) is 2.72. The van der Waals surface area contributed by atoms with Crippen molar-refractivity contribution >= 4 is 15.2 Å². The smallest absolute Gasteiger partial charge is 0.339 e. The summed E-state index contributed by atoms with van der Waals surface area (Å²) in [6.45, 7) is -0.629. The van der Waals surface area contributed by atoms with Crippen LogP contribution in [0.3, 0.4) is 0 Å². The molecule has 0 atom stereocenters. The molecule has 0 aromatic rings. The molecule has 0 saturated heterocycles. The van der Waals surface area contributed by atoms with Gasteiger partial charge in [-0.15, -0.1) is 0 Å². The van der Waals surface area contributed by atoms with Crippen molar-refractivity contribution in [3.8, 4) is 0 Å². The fraction of sp³-hybridized carbons (Fsp3) is 1.00. The molecule has 0 rings (SSSR count). The van der Waals surface area contributed by atoms with E-state index in [-0.39, 0.29) is 6.54 Å². The van der Waals surface area contributed by atoms with Crippen LogP contribution < -0.4 is 0 Å². The van der Waals surface area contributed by atoms with E-state index in [2.05, 4.69) is 0 Å². The molecule has 86 valence electrons. The maximum absolute atomic E-state index is 10.5. The Morgan fingerprint density at radius 1 is 0.929 bits per heavy atom. The Hall–Kier alpha value is 0.220. The van der Waals surface area contributed by atoms with Gasteiger partial charge in [0.2, 0.25) is 0 Å². The van der Waals surface area contributed by atoms with Crippen molar-refractivity contribution in [2.24, 2.45) is 0 Å². The first-order valence-electron chi connectivity index (χ1n) is 3.56. The summed E-state index contributed by atoms with van der Waals surface area (Å²) in [5, 5.41) is 8.48. The SMILES string of the molecule is O=P(O)(O)CN(CCO)CP(=O)(O)O. The molecule has 0 aromatic carbocycles. The topological polar surface area (TPSA) is 139 Å². The average molecular weight is 249 g/mol. The molecular formula is C4H13NO7P2. The molecular weight excluding hydrogens is 236 g/mol. The molecule has 0 aromatic heterocycles. The second-order valence-electron chi connectivity index (χ2n) is 2.73. The Labute approximate surface area is 80.5 Å². The van der Waals surface area contributed by atoms with Gasteiger partial charge in [-0.3, -0.25) is 14.0 Å². The summed E-state index contributed by atoms with van der Waals surface area (Å²) in [5.41, 5.74) is 0. The van der Waals surface area contributed by atoms with E-state index in [0.717, 1.165) is 4.90 Å². The lowest BCUT2D eigenvalue weighted by Gasteiger charge is -2.21. The average Bonchev–Trinajstić information content (AvgIpc) is 1.78. The summed E-state index contributed by atoms with van der Waals surface area (Å²) < 4.78 is 21.0. The normalized spacial score (nSPS) is 13.6. The molecule has 0 aliphatic rings. The monoisotopic (exact) mass is 249 g/mol. The van der Waals surface area contributed by atoms with Gasteiger partial charge < -0.3 is 24.7 Å². The largest absolute Gasteiger partial charge is 0.395 e. The zero-order chi connectivity index (χ0) is 11.4. The van der Waals surface area contributed by atoms with E-state index in [4.69, 9.17) is 24.7 Å². The molecule has 0 unspecified atom stereocenters. The summed E-state index contributed by atoms with van der Waals surface area (Å²) in [6.07, 6.45) is -1.56. The minimum absolute atomic E-state index is 0.198. The lowest BCUT2D eigenvalue weighted by molar-refractivity contribution is 0.212. The summed E-state index contributed by atoms with van der Waals surface area (Å²) in [6, 6.07) is 0. The van der Waals surface area contributed by atoms with E-state index in [9.17, 15) is 9.13 Å². The maximum atomic E-state index is 10.5.